The first-order chi connectivity index (χ1) is 15.4. The van der Waals surface area contributed by atoms with E-state index in [1.54, 1.807) is 12.1 Å². The molecule has 0 saturated carbocycles. The van der Waals surface area contributed by atoms with Crippen molar-refractivity contribution in [2.24, 2.45) is 5.92 Å². The van der Waals surface area contributed by atoms with Gasteiger partial charge in [-0.25, -0.2) is 0 Å². The quantitative estimate of drug-likeness (QED) is 0.323. The Morgan fingerprint density at radius 2 is 1.79 bits per heavy atom. The predicted molar refractivity (Wildman–Crippen MR) is 133 cm³/mol. The van der Waals surface area contributed by atoms with Crippen LogP contribution in [0.3, 0.4) is 0 Å². The Kier molecular flexibility index (Phi) is 8.23. The topological polar surface area (TPSA) is 42.2 Å². The number of rotatable bonds is 8. The van der Waals surface area contributed by atoms with Crippen molar-refractivity contribution in [2.45, 2.75) is 90.3 Å². The fourth-order valence-electron chi connectivity index (χ4n) is 5.10. The standard InChI is InChI=1S/C26H33F3INO2/c1-15(2)8-13-21(17-9-11-19(12-10-17)26(27,28)29)31-24(16(3)4)23(30)20-7-5-6-18(25(20)31)14-22(32)33/h9-12,15-16,18,21H,5-8,13-14H2,1-4H3,(H,32,33)/t18?,21-/m0/s1. The summed E-state index contributed by atoms with van der Waals surface area (Å²) in [5.41, 5.74) is 3.69. The van der Waals surface area contributed by atoms with Crippen LogP contribution in [0.25, 0.3) is 0 Å². The maximum absolute atomic E-state index is 13.2. The largest absolute Gasteiger partial charge is 0.481 e. The van der Waals surface area contributed by atoms with Gasteiger partial charge in [0.1, 0.15) is 0 Å². The summed E-state index contributed by atoms with van der Waals surface area (Å²) < 4.78 is 43.1. The van der Waals surface area contributed by atoms with E-state index >= 15 is 0 Å². The molecule has 3 rings (SSSR count). The molecule has 1 unspecified atom stereocenters. The lowest BCUT2D eigenvalue weighted by atomic mass is 9.85. The minimum absolute atomic E-state index is 0.0779. The summed E-state index contributed by atoms with van der Waals surface area (Å²) in [6.45, 7) is 8.57. The number of hydrogen-bond acceptors (Lipinski definition) is 1. The van der Waals surface area contributed by atoms with E-state index in [1.165, 1.54) is 27.0 Å². The van der Waals surface area contributed by atoms with Crippen LogP contribution in [-0.2, 0) is 17.4 Å². The van der Waals surface area contributed by atoms with Gasteiger partial charge >= 0.3 is 12.1 Å². The van der Waals surface area contributed by atoms with Crippen LogP contribution in [0.2, 0.25) is 0 Å². The molecular formula is C26H33F3INO2. The molecule has 2 atom stereocenters. The number of nitrogens with zero attached hydrogens (tertiary/aromatic N) is 1. The van der Waals surface area contributed by atoms with Gasteiger partial charge in [-0.1, -0.05) is 39.8 Å². The molecule has 1 aromatic heterocycles. The van der Waals surface area contributed by atoms with Crippen molar-refractivity contribution < 1.29 is 23.1 Å². The molecule has 0 amide bonds. The van der Waals surface area contributed by atoms with Crippen molar-refractivity contribution >= 4 is 28.6 Å². The van der Waals surface area contributed by atoms with Crippen molar-refractivity contribution in [3.05, 3.63) is 55.9 Å². The molecule has 1 heterocycles. The highest BCUT2D eigenvalue weighted by Crippen LogP contribution is 2.45. The van der Waals surface area contributed by atoms with Crippen molar-refractivity contribution in [2.75, 3.05) is 0 Å². The van der Waals surface area contributed by atoms with Gasteiger partial charge < -0.3 is 9.67 Å². The number of benzene rings is 1. The SMILES string of the molecule is CC(C)CC[C@@H](c1ccc(C(F)(F)F)cc1)n1c(C(C)C)c(I)c2c1C(CC(=O)O)CCC2. The molecule has 1 aliphatic rings. The van der Waals surface area contributed by atoms with E-state index in [0.29, 0.717) is 5.92 Å². The summed E-state index contributed by atoms with van der Waals surface area (Å²) in [6.07, 6.45) is 0.120. The smallest absolute Gasteiger partial charge is 0.416 e. The van der Waals surface area contributed by atoms with E-state index in [9.17, 15) is 23.1 Å². The fraction of sp³-hybridized carbons (Fsp3) is 0.577. The van der Waals surface area contributed by atoms with Gasteiger partial charge in [0.15, 0.2) is 0 Å². The second kappa shape index (κ2) is 10.4. The third-order valence-corrected chi connectivity index (χ3v) is 7.81. The molecule has 3 nitrogen and oxygen atoms in total. The minimum Gasteiger partial charge on any atom is -0.481 e. The average molecular weight is 575 g/mol. The number of carboxylic acids is 1. The first kappa shape index (κ1) is 26.1. The summed E-state index contributed by atoms with van der Waals surface area (Å²) in [5, 5.41) is 9.59. The van der Waals surface area contributed by atoms with E-state index < -0.39 is 17.7 Å². The van der Waals surface area contributed by atoms with Crippen LogP contribution in [0, 0.1) is 9.49 Å². The molecule has 2 aromatic rings. The predicted octanol–water partition coefficient (Wildman–Crippen LogP) is 8.16. The molecule has 0 bridgehead atoms. The molecule has 1 N–H and O–H groups in total. The summed E-state index contributed by atoms with van der Waals surface area (Å²) in [4.78, 5) is 11.7. The van der Waals surface area contributed by atoms with Crippen LogP contribution in [0.1, 0.15) is 106 Å². The Labute approximate surface area is 207 Å². The summed E-state index contributed by atoms with van der Waals surface area (Å²) in [7, 11) is 0. The number of aliphatic carboxylic acids is 1. The van der Waals surface area contributed by atoms with Gasteiger partial charge in [0.05, 0.1) is 18.0 Å². The number of alkyl halides is 3. The molecule has 182 valence electrons. The lowest BCUT2D eigenvalue weighted by Gasteiger charge is -2.31. The molecular weight excluding hydrogens is 542 g/mol. The second-order valence-electron chi connectivity index (χ2n) is 9.88. The van der Waals surface area contributed by atoms with Gasteiger partial charge in [-0.15, -0.1) is 0 Å². The summed E-state index contributed by atoms with van der Waals surface area (Å²) >= 11 is 2.40. The van der Waals surface area contributed by atoms with E-state index in [4.69, 9.17) is 0 Å². The van der Waals surface area contributed by atoms with Crippen LogP contribution in [0.4, 0.5) is 13.2 Å². The van der Waals surface area contributed by atoms with E-state index in [0.717, 1.165) is 43.4 Å². The third kappa shape index (κ3) is 5.77. The zero-order valence-corrected chi connectivity index (χ0v) is 21.8. The van der Waals surface area contributed by atoms with Gasteiger partial charge in [0, 0.05) is 20.9 Å². The van der Waals surface area contributed by atoms with Gasteiger partial charge in [0.25, 0.3) is 0 Å². The van der Waals surface area contributed by atoms with Crippen LogP contribution >= 0.6 is 22.6 Å². The highest BCUT2D eigenvalue weighted by atomic mass is 127. The average Bonchev–Trinajstić information content (AvgIpc) is 3.01. The van der Waals surface area contributed by atoms with E-state index in [-0.39, 0.29) is 24.3 Å². The number of fused-ring (bicyclic) bond motifs is 1. The van der Waals surface area contributed by atoms with Crippen molar-refractivity contribution in [3.8, 4) is 0 Å². The fourth-order valence-corrected chi connectivity index (χ4v) is 6.53. The van der Waals surface area contributed by atoms with Gasteiger partial charge in [-0.05, 0) is 89.8 Å². The van der Waals surface area contributed by atoms with Gasteiger partial charge in [0.2, 0.25) is 0 Å². The lowest BCUT2D eigenvalue weighted by Crippen LogP contribution is -2.23. The Morgan fingerprint density at radius 1 is 1.15 bits per heavy atom. The van der Waals surface area contributed by atoms with Crippen LogP contribution < -0.4 is 0 Å². The molecule has 0 aliphatic heterocycles. The second-order valence-corrected chi connectivity index (χ2v) is 11.0. The van der Waals surface area contributed by atoms with Crippen LogP contribution in [0.15, 0.2) is 24.3 Å². The highest BCUT2D eigenvalue weighted by Gasteiger charge is 2.35. The number of carboxylic acid groups (broad SMARTS) is 1. The molecule has 0 spiro atoms. The highest BCUT2D eigenvalue weighted by molar-refractivity contribution is 14.1. The summed E-state index contributed by atoms with van der Waals surface area (Å²) in [6, 6.07) is 5.42. The first-order valence-corrected chi connectivity index (χ1v) is 12.8. The molecule has 33 heavy (non-hydrogen) atoms. The Morgan fingerprint density at radius 3 is 2.30 bits per heavy atom. The molecule has 1 aliphatic carbocycles. The maximum Gasteiger partial charge on any atom is 0.416 e. The van der Waals surface area contributed by atoms with Crippen molar-refractivity contribution in [3.63, 3.8) is 0 Å². The molecule has 0 radical (unpaired) electrons. The molecule has 7 heteroatoms. The maximum atomic E-state index is 13.2. The number of hydrogen-bond donors (Lipinski definition) is 1. The normalized spacial score (nSPS) is 17.5. The van der Waals surface area contributed by atoms with Crippen molar-refractivity contribution in [1.29, 1.82) is 0 Å². The summed E-state index contributed by atoms with van der Waals surface area (Å²) in [5.74, 6) is -0.230. The molecule has 1 aromatic carbocycles. The Balaban J connectivity index is 2.21. The number of halogens is 4. The van der Waals surface area contributed by atoms with E-state index in [2.05, 4.69) is 54.9 Å². The number of aromatic nitrogens is 1. The molecule has 0 saturated heterocycles. The van der Waals surface area contributed by atoms with Crippen LogP contribution in [-0.4, -0.2) is 15.6 Å². The zero-order chi connectivity index (χ0) is 24.5. The molecule has 0 fully saturated rings. The van der Waals surface area contributed by atoms with Crippen LogP contribution in [0.5, 0.6) is 0 Å². The monoisotopic (exact) mass is 575 g/mol. The number of carbonyl (C=O) groups is 1. The Hall–Kier alpha value is -1.51. The van der Waals surface area contributed by atoms with Crippen molar-refractivity contribution in [1.82, 2.24) is 4.57 Å². The Bertz CT molecular complexity index is 977. The van der Waals surface area contributed by atoms with E-state index in [1.807, 2.05) is 0 Å². The van der Waals surface area contributed by atoms with Gasteiger partial charge in [-0.3, -0.25) is 4.79 Å². The lowest BCUT2D eigenvalue weighted by molar-refractivity contribution is -0.138. The zero-order valence-electron chi connectivity index (χ0n) is 19.7. The first-order valence-electron chi connectivity index (χ1n) is 11.7. The third-order valence-electron chi connectivity index (χ3n) is 6.60. The minimum atomic E-state index is -4.37. The van der Waals surface area contributed by atoms with Gasteiger partial charge in [-0.2, -0.15) is 13.2 Å².